The van der Waals surface area contributed by atoms with Crippen LogP contribution >= 0.6 is 0 Å². The molecule has 21 nitrogen and oxygen atoms in total. The molecule has 0 fully saturated rings. The molecule has 0 saturated heterocycles. The number of amidine groups is 1. The third kappa shape index (κ3) is 27.5. The highest BCUT2D eigenvalue weighted by molar-refractivity contribution is 6.07. The number of rotatable bonds is 14. The Morgan fingerprint density at radius 1 is 0.575 bits per heavy atom. The molecule has 1 aliphatic rings. The Morgan fingerprint density at radius 3 is 1.55 bits per heavy atom. The zero-order chi connectivity index (χ0) is 55.6. The minimum Gasteiger partial charge on any atom is -0.494 e. The van der Waals surface area contributed by atoms with Crippen molar-refractivity contribution in [2.24, 2.45) is 15.0 Å². The third-order valence-corrected chi connectivity index (χ3v) is 8.94. The molecule has 2 N–H and O–H groups in total. The first-order chi connectivity index (χ1) is 33.4. The van der Waals surface area contributed by atoms with E-state index in [1.165, 1.54) is 4.90 Å². The summed E-state index contributed by atoms with van der Waals surface area (Å²) in [7, 11) is 0. The highest BCUT2D eigenvalue weighted by atomic mass is 16.6. The number of carbonyl (C=O) groups excluding carboxylic acids is 6. The number of guanidine groups is 2. The van der Waals surface area contributed by atoms with Crippen LogP contribution in [0.3, 0.4) is 0 Å². The minimum atomic E-state index is -1.04. The van der Waals surface area contributed by atoms with Gasteiger partial charge in [-0.15, -0.1) is 9.98 Å². The van der Waals surface area contributed by atoms with Gasteiger partial charge in [0.2, 0.25) is 11.9 Å². The normalized spacial score (nSPS) is 14.0. The number of unbranched alkanes of at least 4 members (excludes halogenated alkanes) is 4. The standard InChI is InChI=1S/C52H86N8O13/c1-47(2,3)68-41(61)55-39(56-42(62)69-48(4,5)6)54-30-22-20-19-21-23-32-59(45(65)72-51(13,14)15)40(57-43(63)70-49(7,8)9)60(46(66)73-52(16,17)18)34-25-35-67-37-28-26-36(27-29-37)38-53-31-24-33-58(38)44(64)71-50(10,11)12/h26-29H,19-25,30-35H2,1-18H3,(H2,54,55,56,61,62)/b57-40-. The van der Waals surface area contributed by atoms with Crippen LogP contribution < -0.4 is 15.4 Å². The van der Waals surface area contributed by atoms with Crippen molar-refractivity contribution >= 4 is 54.3 Å². The molecule has 1 aromatic carbocycles. The van der Waals surface area contributed by atoms with Gasteiger partial charge in [0.15, 0.2) is 0 Å². The van der Waals surface area contributed by atoms with Crippen LogP contribution in [0.25, 0.3) is 0 Å². The van der Waals surface area contributed by atoms with Gasteiger partial charge in [-0.25, -0.2) is 38.6 Å². The van der Waals surface area contributed by atoms with Crippen molar-refractivity contribution in [2.45, 2.75) is 203 Å². The molecule has 0 aromatic heterocycles. The first kappa shape index (κ1) is 63.0. The third-order valence-electron chi connectivity index (χ3n) is 8.94. The molecular formula is C52H86N8O13. The van der Waals surface area contributed by atoms with E-state index in [0.29, 0.717) is 75.3 Å². The van der Waals surface area contributed by atoms with Crippen molar-refractivity contribution < 1.29 is 61.9 Å². The van der Waals surface area contributed by atoms with Crippen molar-refractivity contribution in [3.05, 3.63) is 29.8 Å². The molecule has 0 unspecified atom stereocenters. The predicted octanol–water partition coefficient (Wildman–Crippen LogP) is 11.0. The maximum absolute atomic E-state index is 14.2. The fourth-order valence-electron chi connectivity index (χ4n) is 6.29. The lowest BCUT2D eigenvalue weighted by Gasteiger charge is -2.34. The molecule has 0 aliphatic carbocycles. The van der Waals surface area contributed by atoms with Crippen LogP contribution in [-0.2, 0) is 28.4 Å². The van der Waals surface area contributed by atoms with Crippen LogP contribution in [0.4, 0.5) is 28.8 Å². The minimum absolute atomic E-state index is 0.0138. The van der Waals surface area contributed by atoms with Crippen molar-refractivity contribution in [1.82, 2.24) is 25.3 Å². The van der Waals surface area contributed by atoms with Gasteiger partial charge in [-0.1, -0.05) is 19.3 Å². The monoisotopic (exact) mass is 1030 g/mol. The number of alkyl carbamates (subject to hydrolysis) is 1. The summed E-state index contributed by atoms with van der Waals surface area (Å²) in [5.74, 6) is 0.549. The Balaban J connectivity index is 2.34. The molecule has 0 radical (unpaired) electrons. The van der Waals surface area contributed by atoms with E-state index in [1.54, 1.807) is 128 Å². The van der Waals surface area contributed by atoms with Crippen LogP contribution in [0.5, 0.6) is 5.75 Å². The Kier molecular flexibility index (Phi) is 23.5. The second-order valence-electron chi connectivity index (χ2n) is 23.3. The lowest BCUT2D eigenvalue weighted by molar-refractivity contribution is 0.0265. The number of hydrogen-bond donors (Lipinski definition) is 2. The highest BCUT2D eigenvalue weighted by Gasteiger charge is 2.36. The SMILES string of the molecule is CC(C)(C)OC(=O)/N=C(/N(CCCCCCCN/C(=N\C(=O)OC(C)(C)C)NC(=O)OC(C)(C)C)C(=O)OC(C)(C)C)N(CCCOc1ccc(C2=NCCCN2C(=O)OC(C)(C)C)cc1)C(=O)OC(C)(C)C. The Hall–Kier alpha value is -6.15. The summed E-state index contributed by atoms with van der Waals surface area (Å²) in [6.07, 6.45) is -1.06. The quantitative estimate of drug-likeness (QED) is 0.0763. The average Bonchev–Trinajstić information content (AvgIpc) is 3.18. The van der Waals surface area contributed by atoms with Crippen LogP contribution in [-0.4, -0.2) is 142 Å². The molecule has 0 saturated carbocycles. The van der Waals surface area contributed by atoms with Crippen molar-refractivity contribution in [1.29, 1.82) is 0 Å². The second kappa shape index (κ2) is 27.2. The zero-order valence-corrected chi connectivity index (χ0v) is 47.0. The Labute approximate surface area is 433 Å². The summed E-state index contributed by atoms with van der Waals surface area (Å²) in [6.45, 7) is 32.2. The molecule has 6 amide bonds. The summed E-state index contributed by atoms with van der Waals surface area (Å²) >= 11 is 0. The number of hydrogen-bond acceptors (Lipinski definition) is 14. The van der Waals surface area contributed by atoms with E-state index in [0.717, 1.165) is 9.80 Å². The van der Waals surface area contributed by atoms with E-state index in [4.69, 9.17) is 33.2 Å². The molecule has 2 rings (SSSR count). The van der Waals surface area contributed by atoms with E-state index >= 15 is 0 Å². The van der Waals surface area contributed by atoms with Gasteiger partial charge in [-0.3, -0.25) is 15.2 Å². The number of benzene rings is 1. The van der Waals surface area contributed by atoms with E-state index < -0.39 is 70.2 Å². The first-order valence-electron chi connectivity index (χ1n) is 25.1. The highest BCUT2D eigenvalue weighted by Crippen LogP contribution is 2.22. The molecule has 412 valence electrons. The second-order valence-corrected chi connectivity index (χ2v) is 23.3. The van der Waals surface area contributed by atoms with Gasteiger partial charge >= 0.3 is 36.6 Å². The largest absolute Gasteiger partial charge is 0.494 e. The van der Waals surface area contributed by atoms with Crippen molar-refractivity contribution in [3.8, 4) is 5.75 Å². The number of nitrogens with one attached hydrogen (secondary N) is 2. The summed E-state index contributed by atoms with van der Waals surface area (Å²) in [4.78, 5) is 96.5. The molecule has 0 bridgehead atoms. The molecular weight excluding hydrogens is 945 g/mol. The molecule has 1 aromatic rings. The van der Waals surface area contributed by atoms with Gasteiger partial charge in [0.1, 0.15) is 45.2 Å². The van der Waals surface area contributed by atoms with Gasteiger partial charge in [-0.05, 0) is 175 Å². The topological polar surface area (TPSA) is 238 Å². The van der Waals surface area contributed by atoms with Gasteiger partial charge in [0, 0.05) is 38.3 Å². The summed E-state index contributed by atoms with van der Waals surface area (Å²) in [6, 6.07) is 7.11. The van der Waals surface area contributed by atoms with Crippen LogP contribution in [0.15, 0.2) is 39.2 Å². The average molecular weight is 1030 g/mol. The van der Waals surface area contributed by atoms with Crippen LogP contribution in [0, 0.1) is 0 Å². The smallest absolute Gasteiger partial charge is 0.437 e. The van der Waals surface area contributed by atoms with Crippen LogP contribution in [0.1, 0.15) is 175 Å². The maximum Gasteiger partial charge on any atom is 0.437 e. The number of amides is 6. The molecule has 0 atom stereocenters. The molecule has 1 aliphatic heterocycles. The fraction of sp³-hybridized carbons (Fsp3) is 0.712. The van der Waals surface area contributed by atoms with Gasteiger partial charge in [-0.2, -0.15) is 0 Å². The Bertz CT molecular complexity index is 2100. The molecule has 21 heteroatoms. The number of nitrogens with zero attached hydrogens (tertiary/aromatic N) is 6. The van der Waals surface area contributed by atoms with E-state index in [-0.39, 0.29) is 38.0 Å². The zero-order valence-electron chi connectivity index (χ0n) is 47.0. The maximum atomic E-state index is 14.2. The Morgan fingerprint density at radius 2 is 1.04 bits per heavy atom. The summed E-state index contributed by atoms with van der Waals surface area (Å²) in [5, 5.41) is 5.45. The van der Waals surface area contributed by atoms with Gasteiger partial charge in [0.05, 0.1) is 6.61 Å². The van der Waals surface area contributed by atoms with Gasteiger partial charge in [0.25, 0.3) is 0 Å². The van der Waals surface area contributed by atoms with Crippen LogP contribution in [0.2, 0.25) is 0 Å². The van der Waals surface area contributed by atoms with E-state index in [2.05, 4.69) is 25.6 Å². The van der Waals surface area contributed by atoms with Gasteiger partial charge < -0.3 is 38.5 Å². The first-order valence-corrected chi connectivity index (χ1v) is 25.1. The lowest BCUT2D eigenvalue weighted by Crippen LogP contribution is -2.53. The van der Waals surface area contributed by atoms with Crippen molar-refractivity contribution in [3.63, 3.8) is 0 Å². The predicted molar refractivity (Wildman–Crippen MR) is 279 cm³/mol. The summed E-state index contributed by atoms with van der Waals surface area (Å²) < 4.78 is 39.6. The fourth-order valence-corrected chi connectivity index (χ4v) is 6.29. The summed E-state index contributed by atoms with van der Waals surface area (Å²) in [5.41, 5.74) is -4.47. The molecule has 1 heterocycles. The number of ether oxygens (including phenoxy) is 7. The van der Waals surface area contributed by atoms with Crippen molar-refractivity contribution in [2.75, 3.05) is 39.3 Å². The molecule has 0 spiro atoms. The van der Waals surface area contributed by atoms with E-state index in [1.807, 2.05) is 20.8 Å². The van der Waals surface area contributed by atoms with E-state index in [9.17, 15) is 28.8 Å². The number of carbonyl (C=O) groups is 6. The molecule has 73 heavy (non-hydrogen) atoms. The number of aliphatic imine (C=N–C) groups is 3. The lowest BCUT2D eigenvalue weighted by atomic mass is 10.1.